The number of hydrogen-bond donors (Lipinski definition) is 0. The summed E-state index contributed by atoms with van der Waals surface area (Å²) in [4.78, 5) is 0. The van der Waals surface area contributed by atoms with Crippen LogP contribution in [-0.4, -0.2) is 54.6 Å². The molecule has 0 N–H and O–H groups in total. The fourth-order valence-electron chi connectivity index (χ4n) is 5.22. The third-order valence-electron chi connectivity index (χ3n) is 7.98. The van der Waals surface area contributed by atoms with Crippen LogP contribution in [-0.2, 0) is 28.4 Å². The molecule has 0 aromatic rings. The molecule has 224 valence electrons. The van der Waals surface area contributed by atoms with Gasteiger partial charge in [-0.2, -0.15) is 0 Å². The lowest BCUT2D eigenvalue weighted by molar-refractivity contribution is -0.355. The second-order valence-corrected chi connectivity index (χ2v) is 10.8. The summed E-state index contributed by atoms with van der Waals surface area (Å²) in [5, 5.41) is 0. The van der Waals surface area contributed by atoms with Crippen molar-refractivity contribution in [1.29, 1.82) is 0 Å². The molecule has 0 fully saturated rings. The average Bonchev–Trinajstić information content (AvgIpc) is 2.93. The third-order valence-corrected chi connectivity index (χ3v) is 7.98. The van der Waals surface area contributed by atoms with Gasteiger partial charge in [0.2, 0.25) is 0 Å². The molecule has 6 heteroatoms. The van der Waals surface area contributed by atoms with Gasteiger partial charge in [0.25, 0.3) is 11.9 Å². The first-order valence-corrected chi connectivity index (χ1v) is 15.3. The van der Waals surface area contributed by atoms with Gasteiger partial charge in [0.1, 0.15) is 0 Å². The number of unbranched alkanes of at least 4 members (excludes halogenated alkanes) is 15. The maximum absolute atomic E-state index is 5.35. The number of rotatable bonds is 29. The minimum absolute atomic E-state index is 0.787. The van der Waals surface area contributed by atoms with Crippen molar-refractivity contribution in [3.8, 4) is 0 Å². The molecule has 0 aliphatic rings. The highest BCUT2D eigenvalue weighted by Gasteiger charge is 2.29. The summed E-state index contributed by atoms with van der Waals surface area (Å²) in [6.07, 6.45) is 26.8. The van der Waals surface area contributed by atoms with E-state index >= 15 is 0 Å². The SMILES string of the molecule is COC(CCCCCCCCCCCCC(C)CCCCCCCCCC(OC)(OC)OC)(OC)OC. The van der Waals surface area contributed by atoms with E-state index in [1.165, 1.54) is 109 Å². The fraction of sp³-hybridized carbons (Fsp3) is 1.00. The summed E-state index contributed by atoms with van der Waals surface area (Å²) in [5.41, 5.74) is 0. The highest BCUT2D eigenvalue weighted by atomic mass is 16.9. The van der Waals surface area contributed by atoms with Crippen molar-refractivity contribution < 1.29 is 28.4 Å². The Bertz CT molecular complexity index is 448. The molecular weight excluding hydrogens is 468 g/mol. The van der Waals surface area contributed by atoms with Crippen LogP contribution in [0.25, 0.3) is 0 Å². The molecular formula is C31H64O6. The molecule has 0 aromatic heterocycles. The Morgan fingerprint density at radius 3 is 0.811 bits per heavy atom. The van der Waals surface area contributed by atoms with E-state index in [9.17, 15) is 0 Å². The monoisotopic (exact) mass is 532 g/mol. The molecule has 0 rings (SSSR count). The molecule has 0 saturated heterocycles. The third kappa shape index (κ3) is 18.6. The van der Waals surface area contributed by atoms with E-state index in [0.29, 0.717) is 0 Å². The zero-order valence-corrected chi connectivity index (χ0v) is 25.9. The minimum Gasteiger partial charge on any atom is -0.331 e. The predicted molar refractivity (Wildman–Crippen MR) is 154 cm³/mol. The molecule has 0 heterocycles. The lowest BCUT2D eigenvalue weighted by Gasteiger charge is -2.28. The van der Waals surface area contributed by atoms with Crippen molar-refractivity contribution in [2.45, 2.75) is 154 Å². The molecule has 0 amide bonds. The molecule has 0 spiro atoms. The van der Waals surface area contributed by atoms with E-state index in [1.807, 2.05) is 0 Å². The van der Waals surface area contributed by atoms with Gasteiger partial charge in [-0.1, -0.05) is 116 Å². The normalized spacial score (nSPS) is 13.4. The summed E-state index contributed by atoms with van der Waals surface area (Å²) in [5.74, 6) is -0.823. The Balaban J connectivity index is 3.41. The lowest BCUT2D eigenvalue weighted by Crippen LogP contribution is -2.35. The standard InChI is InChI=1S/C31H64O6/c1-29(26-22-18-14-12-16-20-24-28-31(35-5,36-6)37-7)25-21-17-13-10-8-9-11-15-19-23-27-30(32-2,33-3)34-4/h29H,8-28H2,1-7H3. The second-order valence-electron chi connectivity index (χ2n) is 10.8. The van der Waals surface area contributed by atoms with E-state index < -0.39 is 11.9 Å². The van der Waals surface area contributed by atoms with Gasteiger partial charge in [-0.25, -0.2) is 0 Å². The molecule has 0 aromatic carbocycles. The molecule has 6 nitrogen and oxygen atoms in total. The molecule has 0 saturated carbocycles. The molecule has 1 atom stereocenters. The van der Waals surface area contributed by atoms with Crippen LogP contribution in [0.2, 0.25) is 0 Å². The van der Waals surface area contributed by atoms with Gasteiger partial charge >= 0.3 is 0 Å². The number of ether oxygens (including phenoxy) is 6. The predicted octanol–water partition coefficient (Wildman–Crippen LogP) is 9.00. The van der Waals surface area contributed by atoms with Gasteiger partial charge in [0, 0.05) is 55.5 Å². The van der Waals surface area contributed by atoms with Crippen LogP contribution in [0.5, 0.6) is 0 Å². The van der Waals surface area contributed by atoms with Crippen LogP contribution in [0.3, 0.4) is 0 Å². The summed E-state index contributed by atoms with van der Waals surface area (Å²) in [6.45, 7) is 2.45. The first-order valence-electron chi connectivity index (χ1n) is 15.3. The van der Waals surface area contributed by atoms with E-state index in [1.54, 1.807) is 42.7 Å². The smallest absolute Gasteiger partial charge is 0.282 e. The van der Waals surface area contributed by atoms with Crippen LogP contribution in [0.1, 0.15) is 142 Å². The summed E-state index contributed by atoms with van der Waals surface area (Å²) >= 11 is 0. The van der Waals surface area contributed by atoms with Crippen LogP contribution in [0.4, 0.5) is 0 Å². The van der Waals surface area contributed by atoms with Gasteiger partial charge in [-0.05, 0) is 18.8 Å². The molecule has 1 unspecified atom stereocenters. The molecule has 0 aliphatic carbocycles. The zero-order valence-electron chi connectivity index (χ0n) is 25.9. The summed E-state index contributed by atoms with van der Waals surface area (Å²) in [7, 11) is 9.83. The van der Waals surface area contributed by atoms with Crippen LogP contribution >= 0.6 is 0 Å². The van der Waals surface area contributed by atoms with E-state index in [2.05, 4.69) is 6.92 Å². The Kier molecular flexibility index (Phi) is 24.6. The minimum atomic E-state index is -0.856. The summed E-state index contributed by atoms with van der Waals surface area (Å²) < 4.78 is 32.1. The van der Waals surface area contributed by atoms with Crippen molar-refractivity contribution in [3.05, 3.63) is 0 Å². The highest BCUT2D eigenvalue weighted by Crippen LogP contribution is 2.23. The van der Waals surface area contributed by atoms with E-state index in [-0.39, 0.29) is 0 Å². The Morgan fingerprint density at radius 1 is 0.351 bits per heavy atom. The van der Waals surface area contributed by atoms with Crippen molar-refractivity contribution in [2.24, 2.45) is 5.92 Å². The van der Waals surface area contributed by atoms with Crippen LogP contribution in [0, 0.1) is 5.92 Å². The van der Waals surface area contributed by atoms with Crippen LogP contribution < -0.4 is 0 Å². The quantitative estimate of drug-likeness (QED) is 0.0707. The van der Waals surface area contributed by atoms with Crippen molar-refractivity contribution >= 4 is 0 Å². The molecule has 0 radical (unpaired) electrons. The molecule has 37 heavy (non-hydrogen) atoms. The molecule has 0 aliphatic heterocycles. The van der Waals surface area contributed by atoms with Gasteiger partial charge in [0.05, 0.1) is 0 Å². The Morgan fingerprint density at radius 2 is 0.568 bits per heavy atom. The Hall–Kier alpha value is -0.240. The van der Waals surface area contributed by atoms with Crippen molar-refractivity contribution in [1.82, 2.24) is 0 Å². The van der Waals surface area contributed by atoms with E-state index in [4.69, 9.17) is 28.4 Å². The second kappa shape index (κ2) is 24.8. The van der Waals surface area contributed by atoms with Gasteiger partial charge in [-0.3, -0.25) is 0 Å². The van der Waals surface area contributed by atoms with E-state index in [0.717, 1.165) is 31.6 Å². The topological polar surface area (TPSA) is 55.4 Å². The van der Waals surface area contributed by atoms with Crippen molar-refractivity contribution in [2.75, 3.05) is 42.7 Å². The highest BCUT2D eigenvalue weighted by molar-refractivity contribution is 4.59. The largest absolute Gasteiger partial charge is 0.331 e. The van der Waals surface area contributed by atoms with Gasteiger partial charge in [-0.15, -0.1) is 0 Å². The van der Waals surface area contributed by atoms with Crippen LogP contribution in [0.15, 0.2) is 0 Å². The van der Waals surface area contributed by atoms with Gasteiger partial charge < -0.3 is 28.4 Å². The Labute approximate surface area is 230 Å². The average molecular weight is 533 g/mol. The lowest BCUT2D eigenvalue weighted by atomic mass is 9.95. The fourth-order valence-corrected chi connectivity index (χ4v) is 5.22. The number of methoxy groups -OCH3 is 6. The maximum atomic E-state index is 5.35. The van der Waals surface area contributed by atoms with Gasteiger partial charge in [0.15, 0.2) is 0 Å². The molecule has 0 bridgehead atoms. The zero-order chi connectivity index (χ0) is 27.7. The number of hydrogen-bond acceptors (Lipinski definition) is 6. The summed E-state index contributed by atoms with van der Waals surface area (Å²) in [6, 6.07) is 0. The maximum Gasteiger partial charge on any atom is 0.282 e. The first kappa shape index (κ1) is 36.8. The first-order chi connectivity index (χ1) is 18.0. The van der Waals surface area contributed by atoms with Crippen molar-refractivity contribution in [3.63, 3.8) is 0 Å².